The van der Waals surface area contributed by atoms with E-state index in [0.717, 1.165) is 13.0 Å². The molecular weight excluding hydrogens is 230 g/mol. The molecule has 0 fully saturated rings. The molecule has 0 bridgehead atoms. The Kier molecular flexibility index (Phi) is 3.65. The summed E-state index contributed by atoms with van der Waals surface area (Å²) in [6, 6.07) is 20.3. The Bertz CT molecular complexity index is 532. The van der Waals surface area contributed by atoms with Crippen LogP contribution in [0.2, 0.25) is 0 Å². The van der Waals surface area contributed by atoms with Crippen LogP contribution in [-0.2, 0) is 12.8 Å². The van der Waals surface area contributed by atoms with Crippen LogP contribution in [0.3, 0.4) is 0 Å². The molecule has 0 amide bonds. The zero-order chi connectivity index (χ0) is 13.1. The lowest BCUT2D eigenvalue weighted by Gasteiger charge is -2.21. The summed E-state index contributed by atoms with van der Waals surface area (Å²) in [5.74, 6) is 0.680. The average Bonchev–Trinajstić information content (AvgIpc) is 2.79. The van der Waals surface area contributed by atoms with Gasteiger partial charge in [-0.1, -0.05) is 61.5 Å². The van der Waals surface area contributed by atoms with Crippen LogP contribution < -0.4 is 5.32 Å². The monoisotopic (exact) mass is 251 g/mol. The van der Waals surface area contributed by atoms with Crippen molar-refractivity contribution in [2.75, 3.05) is 6.54 Å². The molecule has 1 aliphatic carbocycles. The summed E-state index contributed by atoms with van der Waals surface area (Å²) in [7, 11) is 0. The van der Waals surface area contributed by atoms with Gasteiger partial charge in [-0.3, -0.25) is 0 Å². The van der Waals surface area contributed by atoms with Gasteiger partial charge in [0.25, 0.3) is 0 Å². The average molecular weight is 251 g/mol. The van der Waals surface area contributed by atoms with E-state index in [-0.39, 0.29) is 0 Å². The van der Waals surface area contributed by atoms with E-state index in [1.165, 1.54) is 23.1 Å². The van der Waals surface area contributed by atoms with Crippen LogP contribution in [0.4, 0.5) is 0 Å². The second-order valence-electron chi connectivity index (χ2n) is 5.39. The third-order valence-electron chi connectivity index (χ3n) is 4.11. The Balaban J connectivity index is 1.83. The first-order valence-electron chi connectivity index (χ1n) is 7.23. The molecule has 1 nitrogen and oxygen atoms in total. The predicted octanol–water partition coefficient (Wildman–Crippen LogP) is 3.75. The minimum absolute atomic E-state index is 0.515. The van der Waals surface area contributed by atoms with Crippen LogP contribution in [-0.4, -0.2) is 6.54 Å². The molecule has 2 aromatic rings. The highest BCUT2D eigenvalue weighted by Gasteiger charge is 2.31. The maximum absolute atomic E-state index is 3.67. The first-order chi connectivity index (χ1) is 9.38. The van der Waals surface area contributed by atoms with E-state index in [4.69, 9.17) is 0 Å². The van der Waals surface area contributed by atoms with Crippen LogP contribution in [0.1, 0.15) is 29.7 Å². The van der Waals surface area contributed by atoms with Gasteiger partial charge >= 0.3 is 0 Å². The summed E-state index contributed by atoms with van der Waals surface area (Å²) in [6.07, 6.45) is 2.36. The highest BCUT2D eigenvalue weighted by Crippen LogP contribution is 2.37. The third kappa shape index (κ3) is 2.57. The van der Waals surface area contributed by atoms with Gasteiger partial charge in [0.15, 0.2) is 0 Å². The Labute approximate surface area is 115 Å². The van der Waals surface area contributed by atoms with Gasteiger partial charge in [-0.25, -0.2) is 0 Å². The lowest BCUT2D eigenvalue weighted by molar-refractivity contribution is 0.394. The second kappa shape index (κ2) is 5.58. The maximum Gasteiger partial charge on any atom is 0.0357 e. The summed E-state index contributed by atoms with van der Waals surface area (Å²) in [4.78, 5) is 0. The van der Waals surface area contributed by atoms with Crippen molar-refractivity contribution in [1.82, 2.24) is 5.32 Å². The molecule has 19 heavy (non-hydrogen) atoms. The van der Waals surface area contributed by atoms with Crippen molar-refractivity contribution in [3.8, 4) is 0 Å². The molecule has 1 aliphatic rings. The molecular formula is C18H21N. The molecule has 1 heteroatoms. The zero-order valence-corrected chi connectivity index (χ0v) is 11.5. The van der Waals surface area contributed by atoms with Gasteiger partial charge in [0.05, 0.1) is 0 Å². The van der Waals surface area contributed by atoms with Crippen LogP contribution >= 0.6 is 0 Å². The van der Waals surface area contributed by atoms with E-state index in [9.17, 15) is 0 Å². The number of fused-ring (bicyclic) bond motifs is 1. The molecule has 1 N–H and O–H groups in total. The second-order valence-corrected chi connectivity index (χ2v) is 5.39. The lowest BCUT2D eigenvalue weighted by atomic mass is 9.93. The molecule has 2 atom stereocenters. The molecule has 0 saturated heterocycles. The Morgan fingerprint density at radius 2 is 1.74 bits per heavy atom. The molecule has 0 aliphatic heterocycles. The van der Waals surface area contributed by atoms with Crippen LogP contribution in [0.5, 0.6) is 0 Å². The van der Waals surface area contributed by atoms with Gasteiger partial charge in [0, 0.05) is 6.04 Å². The Morgan fingerprint density at radius 3 is 2.53 bits per heavy atom. The molecule has 0 aromatic heterocycles. The van der Waals surface area contributed by atoms with Crippen LogP contribution in [0, 0.1) is 5.92 Å². The van der Waals surface area contributed by atoms with Crippen molar-refractivity contribution in [1.29, 1.82) is 0 Å². The summed E-state index contributed by atoms with van der Waals surface area (Å²) in [5.41, 5.74) is 4.47. The fourth-order valence-corrected chi connectivity index (χ4v) is 3.28. The van der Waals surface area contributed by atoms with E-state index in [2.05, 4.69) is 66.8 Å². The van der Waals surface area contributed by atoms with Gasteiger partial charge in [0.1, 0.15) is 0 Å². The van der Waals surface area contributed by atoms with E-state index in [1.54, 1.807) is 0 Å². The van der Waals surface area contributed by atoms with E-state index >= 15 is 0 Å². The van der Waals surface area contributed by atoms with Gasteiger partial charge in [0.2, 0.25) is 0 Å². The summed E-state index contributed by atoms with van der Waals surface area (Å²) >= 11 is 0. The first kappa shape index (κ1) is 12.4. The summed E-state index contributed by atoms with van der Waals surface area (Å²) in [5, 5.41) is 3.67. The molecule has 0 heterocycles. The standard InChI is InChI=1S/C18H21N/c1-2-19-18-16(12-14-8-4-3-5-9-14)13-15-10-6-7-11-17(15)18/h3-11,16,18-19H,2,12-13H2,1H3. The van der Waals surface area contributed by atoms with Crippen molar-refractivity contribution in [2.45, 2.75) is 25.8 Å². The third-order valence-corrected chi connectivity index (χ3v) is 4.11. The smallest absolute Gasteiger partial charge is 0.0357 e. The fourth-order valence-electron chi connectivity index (χ4n) is 3.28. The maximum atomic E-state index is 3.67. The largest absolute Gasteiger partial charge is 0.310 e. The molecule has 0 radical (unpaired) electrons. The quantitative estimate of drug-likeness (QED) is 0.872. The van der Waals surface area contributed by atoms with E-state index in [1.807, 2.05) is 0 Å². The zero-order valence-electron chi connectivity index (χ0n) is 11.5. The molecule has 98 valence electrons. The molecule has 2 aromatic carbocycles. The van der Waals surface area contributed by atoms with Gasteiger partial charge < -0.3 is 5.32 Å². The molecule has 0 spiro atoms. The SMILES string of the molecule is CCNC1c2ccccc2CC1Cc1ccccc1. The predicted molar refractivity (Wildman–Crippen MR) is 80.2 cm³/mol. The Morgan fingerprint density at radius 1 is 1.00 bits per heavy atom. The number of benzene rings is 2. The van der Waals surface area contributed by atoms with Crippen molar-refractivity contribution in [2.24, 2.45) is 5.92 Å². The van der Waals surface area contributed by atoms with Gasteiger partial charge in [-0.2, -0.15) is 0 Å². The van der Waals surface area contributed by atoms with Crippen LogP contribution in [0.25, 0.3) is 0 Å². The number of hydrogen-bond acceptors (Lipinski definition) is 1. The highest BCUT2D eigenvalue weighted by molar-refractivity contribution is 5.36. The lowest BCUT2D eigenvalue weighted by Crippen LogP contribution is -2.26. The van der Waals surface area contributed by atoms with E-state index in [0.29, 0.717) is 12.0 Å². The summed E-state index contributed by atoms with van der Waals surface area (Å²) in [6.45, 7) is 3.23. The van der Waals surface area contributed by atoms with Gasteiger partial charge in [-0.05, 0) is 42.0 Å². The molecule has 3 rings (SSSR count). The minimum Gasteiger partial charge on any atom is -0.310 e. The summed E-state index contributed by atoms with van der Waals surface area (Å²) < 4.78 is 0. The normalized spacial score (nSPS) is 21.3. The van der Waals surface area contributed by atoms with Gasteiger partial charge in [-0.15, -0.1) is 0 Å². The number of rotatable bonds is 4. The van der Waals surface area contributed by atoms with E-state index < -0.39 is 0 Å². The van der Waals surface area contributed by atoms with Crippen molar-refractivity contribution >= 4 is 0 Å². The first-order valence-corrected chi connectivity index (χ1v) is 7.23. The number of nitrogens with one attached hydrogen (secondary N) is 1. The van der Waals surface area contributed by atoms with Crippen molar-refractivity contribution in [3.63, 3.8) is 0 Å². The van der Waals surface area contributed by atoms with Crippen molar-refractivity contribution < 1.29 is 0 Å². The minimum atomic E-state index is 0.515. The molecule has 0 saturated carbocycles. The topological polar surface area (TPSA) is 12.0 Å². The molecule has 2 unspecified atom stereocenters. The van der Waals surface area contributed by atoms with Crippen molar-refractivity contribution in [3.05, 3.63) is 71.3 Å². The Hall–Kier alpha value is -1.60. The fraction of sp³-hybridized carbons (Fsp3) is 0.333. The number of hydrogen-bond donors (Lipinski definition) is 1. The highest BCUT2D eigenvalue weighted by atomic mass is 14.9. The van der Waals surface area contributed by atoms with Crippen LogP contribution in [0.15, 0.2) is 54.6 Å².